The normalized spacial score (nSPS) is 33.3. The summed E-state index contributed by atoms with van der Waals surface area (Å²) < 4.78 is 6.99. The third-order valence-electron chi connectivity index (χ3n) is 7.43. The lowest BCUT2D eigenvalue weighted by molar-refractivity contribution is -0.199. The molecule has 1 unspecified atom stereocenters. The molecule has 1 saturated carbocycles. The summed E-state index contributed by atoms with van der Waals surface area (Å²) in [6, 6.07) is 9.77. The maximum atomic E-state index is 6.99. The summed E-state index contributed by atoms with van der Waals surface area (Å²) in [7, 11) is 0. The van der Waals surface area contributed by atoms with E-state index in [1.807, 2.05) is 0 Å². The number of unbranched alkanes of at least 4 members (excludes halogenated alkanes) is 2. The number of hydrogen-bond donors (Lipinski definition) is 0. The summed E-state index contributed by atoms with van der Waals surface area (Å²) in [4.78, 5) is 2.67. The Morgan fingerprint density at radius 3 is 2.88 bits per heavy atom. The summed E-state index contributed by atoms with van der Waals surface area (Å²) in [5, 5.41) is 0. The molecule has 4 rings (SSSR count). The average Bonchev–Trinajstić information content (AvgIpc) is 2.67. The Labute approximate surface area is 159 Å². The fourth-order valence-electron chi connectivity index (χ4n) is 6.33. The number of rotatable bonds is 7. The lowest BCUT2D eigenvalue weighted by atomic mass is 9.49. The van der Waals surface area contributed by atoms with Crippen molar-refractivity contribution in [1.82, 2.24) is 4.90 Å². The second-order valence-corrected chi connectivity index (χ2v) is 8.64. The molecule has 0 amide bonds. The van der Waals surface area contributed by atoms with E-state index in [4.69, 9.17) is 4.74 Å². The van der Waals surface area contributed by atoms with E-state index >= 15 is 0 Å². The fraction of sp³-hybridized carbons (Fsp3) is 0.667. The van der Waals surface area contributed by atoms with Crippen LogP contribution in [-0.2, 0) is 16.6 Å². The molecule has 2 fully saturated rings. The molecule has 0 spiro atoms. The Kier molecular flexibility index (Phi) is 5.25. The van der Waals surface area contributed by atoms with Gasteiger partial charge in [0.05, 0.1) is 5.60 Å². The predicted molar refractivity (Wildman–Crippen MR) is 109 cm³/mol. The van der Waals surface area contributed by atoms with Crippen molar-refractivity contribution in [3.8, 4) is 0 Å². The molecule has 0 aromatic heterocycles. The lowest BCUT2D eigenvalue weighted by Gasteiger charge is -2.65. The summed E-state index contributed by atoms with van der Waals surface area (Å²) in [6.07, 6.45) is 13.4. The number of piperidine rings is 1. The molecular formula is C24H35NO. The van der Waals surface area contributed by atoms with Gasteiger partial charge in [0.1, 0.15) is 0 Å². The highest BCUT2D eigenvalue weighted by atomic mass is 16.5. The van der Waals surface area contributed by atoms with Gasteiger partial charge in [-0.1, -0.05) is 62.9 Å². The average molecular weight is 354 g/mol. The van der Waals surface area contributed by atoms with Crippen LogP contribution in [0.5, 0.6) is 0 Å². The van der Waals surface area contributed by atoms with Crippen LogP contribution in [0.25, 0.3) is 0 Å². The highest BCUT2D eigenvalue weighted by Crippen LogP contribution is 2.59. The lowest BCUT2D eigenvalue weighted by Crippen LogP contribution is -2.73. The first-order chi connectivity index (χ1) is 12.8. The van der Waals surface area contributed by atoms with E-state index in [0.29, 0.717) is 6.04 Å². The quantitative estimate of drug-likeness (QED) is 0.490. The first-order valence-electron chi connectivity index (χ1n) is 10.8. The molecule has 1 heterocycles. The van der Waals surface area contributed by atoms with Crippen LogP contribution in [-0.4, -0.2) is 36.2 Å². The Hall–Kier alpha value is -1.12. The summed E-state index contributed by atoms with van der Waals surface area (Å²) in [5.41, 5.74) is 3.43. The van der Waals surface area contributed by atoms with Gasteiger partial charge in [-0.25, -0.2) is 0 Å². The molecule has 2 nitrogen and oxygen atoms in total. The van der Waals surface area contributed by atoms with Gasteiger partial charge in [0.2, 0.25) is 0 Å². The second-order valence-electron chi connectivity index (χ2n) is 8.64. The standard InChI is InChI=1S/C24H35NO/c1-3-5-10-18-26-24-14-9-8-13-23(24)15-17-25(16-4-2)22(24)19-20-11-6-7-12-21(20)23/h4,6-7,11-12,22H,2-3,5,8-10,13-19H2,1H3/t22-,23+,24?/m1/s1. The highest BCUT2D eigenvalue weighted by Gasteiger charge is 2.64. The molecule has 3 atom stereocenters. The van der Waals surface area contributed by atoms with E-state index in [9.17, 15) is 0 Å². The van der Waals surface area contributed by atoms with Gasteiger partial charge >= 0.3 is 0 Å². The van der Waals surface area contributed by atoms with Crippen molar-refractivity contribution < 1.29 is 4.74 Å². The molecule has 1 aromatic carbocycles. The Morgan fingerprint density at radius 2 is 2.04 bits per heavy atom. The zero-order valence-corrected chi connectivity index (χ0v) is 16.5. The maximum Gasteiger partial charge on any atom is 0.0936 e. The summed E-state index contributed by atoms with van der Waals surface area (Å²) >= 11 is 0. The fourth-order valence-corrected chi connectivity index (χ4v) is 6.33. The molecule has 26 heavy (non-hydrogen) atoms. The van der Waals surface area contributed by atoms with E-state index in [1.54, 1.807) is 11.1 Å². The van der Waals surface area contributed by atoms with Gasteiger partial charge in [-0.05, 0) is 49.8 Å². The van der Waals surface area contributed by atoms with Crippen molar-refractivity contribution >= 4 is 0 Å². The minimum Gasteiger partial charge on any atom is -0.372 e. The molecule has 1 saturated heterocycles. The van der Waals surface area contributed by atoms with Gasteiger partial charge < -0.3 is 4.74 Å². The molecule has 3 aliphatic rings. The number of ether oxygens (including phenoxy) is 1. The number of benzene rings is 1. The van der Waals surface area contributed by atoms with Crippen LogP contribution < -0.4 is 0 Å². The molecular weight excluding hydrogens is 318 g/mol. The second kappa shape index (κ2) is 7.48. The van der Waals surface area contributed by atoms with E-state index in [2.05, 4.69) is 48.7 Å². The minimum absolute atomic E-state index is 0.00854. The molecule has 2 heteroatoms. The predicted octanol–water partition coefficient (Wildman–Crippen LogP) is 5.26. The topological polar surface area (TPSA) is 12.5 Å². The summed E-state index contributed by atoms with van der Waals surface area (Å²) in [5.74, 6) is 0. The van der Waals surface area contributed by atoms with E-state index in [-0.39, 0.29) is 11.0 Å². The van der Waals surface area contributed by atoms with Crippen molar-refractivity contribution in [2.75, 3.05) is 19.7 Å². The van der Waals surface area contributed by atoms with Crippen molar-refractivity contribution in [1.29, 1.82) is 0 Å². The minimum atomic E-state index is 0.00854. The summed E-state index contributed by atoms with van der Waals surface area (Å²) in [6.45, 7) is 9.41. The van der Waals surface area contributed by atoms with Gasteiger partial charge in [0.25, 0.3) is 0 Å². The van der Waals surface area contributed by atoms with Crippen LogP contribution in [0, 0.1) is 0 Å². The van der Waals surface area contributed by atoms with Crippen molar-refractivity contribution in [3.63, 3.8) is 0 Å². The highest BCUT2D eigenvalue weighted by molar-refractivity contribution is 5.45. The smallest absolute Gasteiger partial charge is 0.0936 e. The van der Waals surface area contributed by atoms with Crippen molar-refractivity contribution in [2.45, 2.75) is 81.8 Å². The van der Waals surface area contributed by atoms with E-state index < -0.39 is 0 Å². The van der Waals surface area contributed by atoms with E-state index in [1.165, 1.54) is 57.9 Å². The number of fused-ring (bicyclic) bond motifs is 1. The van der Waals surface area contributed by atoms with Crippen molar-refractivity contribution in [3.05, 3.63) is 48.0 Å². The molecule has 1 aromatic rings. The molecule has 2 aliphatic carbocycles. The SMILES string of the molecule is C=CCN1CC[C@]23CCCCC2(OCCCCC)[C@H]1Cc1ccccc13. The van der Waals surface area contributed by atoms with Gasteiger partial charge in [0.15, 0.2) is 0 Å². The number of nitrogens with zero attached hydrogens (tertiary/aromatic N) is 1. The number of hydrogen-bond acceptors (Lipinski definition) is 2. The molecule has 142 valence electrons. The van der Waals surface area contributed by atoms with Crippen LogP contribution in [0.3, 0.4) is 0 Å². The molecule has 2 bridgehead atoms. The monoisotopic (exact) mass is 353 g/mol. The van der Waals surface area contributed by atoms with Gasteiger partial charge in [-0.3, -0.25) is 4.90 Å². The first kappa shape index (κ1) is 18.3. The van der Waals surface area contributed by atoms with Gasteiger partial charge in [-0.2, -0.15) is 0 Å². The molecule has 0 radical (unpaired) electrons. The Morgan fingerprint density at radius 1 is 1.19 bits per heavy atom. The first-order valence-corrected chi connectivity index (χ1v) is 10.8. The van der Waals surface area contributed by atoms with Gasteiger partial charge in [0, 0.05) is 24.6 Å². The van der Waals surface area contributed by atoms with Crippen LogP contribution in [0.2, 0.25) is 0 Å². The van der Waals surface area contributed by atoms with Crippen LogP contribution in [0.4, 0.5) is 0 Å². The third-order valence-corrected chi connectivity index (χ3v) is 7.43. The third kappa shape index (κ3) is 2.68. The van der Waals surface area contributed by atoms with Crippen LogP contribution >= 0.6 is 0 Å². The zero-order valence-electron chi connectivity index (χ0n) is 16.5. The van der Waals surface area contributed by atoms with Gasteiger partial charge in [-0.15, -0.1) is 6.58 Å². The molecule has 1 aliphatic heterocycles. The van der Waals surface area contributed by atoms with Crippen LogP contribution in [0.15, 0.2) is 36.9 Å². The van der Waals surface area contributed by atoms with E-state index in [0.717, 1.165) is 19.6 Å². The molecule has 0 N–H and O–H groups in total. The Bertz CT molecular complexity index is 641. The zero-order chi connectivity index (χ0) is 18.0. The maximum absolute atomic E-state index is 6.99. The largest absolute Gasteiger partial charge is 0.372 e. The number of likely N-dealkylation sites (tertiary alicyclic amines) is 1. The van der Waals surface area contributed by atoms with Crippen LogP contribution in [0.1, 0.15) is 69.4 Å². The van der Waals surface area contributed by atoms with Crippen molar-refractivity contribution in [2.24, 2.45) is 0 Å². The Balaban J connectivity index is 1.77.